The second-order valence-electron chi connectivity index (χ2n) is 6.22. The summed E-state index contributed by atoms with van der Waals surface area (Å²) >= 11 is 0. The summed E-state index contributed by atoms with van der Waals surface area (Å²) in [5.41, 5.74) is 5.80. The minimum atomic E-state index is 0.234. The molecule has 1 saturated carbocycles. The van der Waals surface area contributed by atoms with E-state index in [0.717, 1.165) is 30.5 Å². The fraction of sp³-hybridized carbons (Fsp3) is 0.875. The summed E-state index contributed by atoms with van der Waals surface area (Å²) in [7, 11) is 0. The van der Waals surface area contributed by atoms with Crippen molar-refractivity contribution in [3.8, 4) is 0 Å². The Labute approximate surface area is 122 Å². The number of aromatic nitrogens is 2. The molecule has 4 heteroatoms. The van der Waals surface area contributed by atoms with Crippen LogP contribution in [0.4, 0.5) is 0 Å². The fourth-order valence-electron chi connectivity index (χ4n) is 3.39. The van der Waals surface area contributed by atoms with Gasteiger partial charge in [0.15, 0.2) is 5.82 Å². The van der Waals surface area contributed by atoms with Crippen molar-refractivity contribution in [3.05, 3.63) is 11.7 Å². The summed E-state index contributed by atoms with van der Waals surface area (Å²) in [5, 5.41) is 4.22. The Morgan fingerprint density at radius 3 is 2.55 bits per heavy atom. The number of rotatable bonds is 7. The molecular formula is C16H29N3O. The van der Waals surface area contributed by atoms with Gasteiger partial charge in [-0.2, -0.15) is 4.98 Å². The van der Waals surface area contributed by atoms with Gasteiger partial charge in [0.05, 0.1) is 5.92 Å². The van der Waals surface area contributed by atoms with Gasteiger partial charge in [-0.05, 0) is 38.0 Å². The van der Waals surface area contributed by atoms with Crippen LogP contribution in [0, 0.1) is 5.92 Å². The largest absolute Gasteiger partial charge is 0.339 e. The molecule has 0 radical (unpaired) electrons. The monoisotopic (exact) mass is 279 g/mol. The molecule has 4 nitrogen and oxygen atoms in total. The molecule has 1 aliphatic rings. The maximum absolute atomic E-state index is 5.80. The van der Waals surface area contributed by atoms with E-state index in [1.807, 2.05) is 0 Å². The maximum Gasteiger partial charge on any atom is 0.231 e. The smallest absolute Gasteiger partial charge is 0.231 e. The lowest BCUT2D eigenvalue weighted by molar-refractivity contribution is 0.293. The molecule has 1 aromatic rings. The van der Waals surface area contributed by atoms with Crippen LogP contribution in [0.2, 0.25) is 0 Å². The van der Waals surface area contributed by atoms with Crippen LogP contribution in [0.25, 0.3) is 0 Å². The molecule has 0 bridgehead atoms. The van der Waals surface area contributed by atoms with Crippen molar-refractivity contribution < 1.29 is 4.52 Å². The average Bonchev–Trinajstić information content (AvgIpc) is 2.95. The van der Waals surface area contributed by atoms with Gasteiger partial charge in [-0.1, -0.05) is 38.3 Å². The van der Waals surface area contributed by atoms with E-state index in [2.05, 4.69) is 24.0 Å². The van der Waals surface area contributed by atoms with E-state index in [4.69, 9.17) is 10.3 Å². The minimum Gasteiger partial charge on any atom is -0.339 e. The van der Waals surface area contributed by atoms with Crippen LogP contribution in [-0.2, 0) is 0 Å². The highest BCUT2D eigenvalue weighted by Gasteiger charge is 2.26. The van der Waals surface area contributed by atoms with Crippen LogP contribution >= 0.6 is 0 Å². The van der Waals surface area contributed by atoms with Gasteiger partial charge in [-0.25, -0.2) is 0 Å². The number of nitrogens with zero attached hydrogens (tertiary/aromatic N) is 2. The lowest BCUT2D eigenvalue weighted by Gasteiger charge is -2.26. The van der Waals surface area contributed by atoms with Crippen LogP contribution in [0.15, 0.2) is 4.52 Å². The van der Waals surface area contributed by atoms with Crippen molar-refractivity contribution >= 4 is 0 Å². The fourth-order valence-corrected chi connectivity index (χ4v) is 3.39. The molecular weight excluding hydrogens is 250 g/mol. The van der Waals surface area contributed by atoms with Crippen LogP contribution in [0.1, 0.15) is 88.8 Å². The standard InChI is InChI=1S/C16H29N3O/c1-3-5-12-7-9-13(10-8-12)15-18-16(20-19-15)14(11-17)6-4-2/h12-14H,3-11,17H2,1-2H3. The average molecular weight is 279 g/mol. The number of hydrogen-bond acceptors (Lipinski definition) is 4. The molecule has 1 heterocycles. The Morgan fingerprint density at radius 1 is 1.20 bits per heavy atom. The first kappa shape index (κ1) is 15.5. The highest BCUT2D eigenvalue weighted by atomic mass is 16.5. The zero-order valence-electron chi connectivity index (χ0n) is 13.0. The third kappa shape index (κ3) is 3.81. The van der Waals surface area contributed by atoms with E-state index in [-0.39, 0.29) is 5.92 Å². The first-order chi connectivity index (χ1) is 9.78. The Kier molecular flexibility index (Phi) is 6.02. The van der Waals surface area contributed by atoms with E-state index < -0.39 is 0 Å². The highest BCUT2D eigenvalue weighted by molar-refractivity contribution is 5.01. The molecule has 1 aromatic heterocycles. The molecule has 0 amide bonds. The van der Waals surface area contributed by atoms with Crippen molar-refractivity contribution in [1.82, 2.24) is 10.1 Å². The molecule has 114 valence electrons. The molecule has 0 saturated heterocycles. The molecule has 20 heavy (non-hydrogen) atoms. The summed E-state index contributed by atoms with van der Waals surface area (Å²) in [4.78, 5) is 4.64. The number of hydrogen-bond donors (Lipinski definition) is 1. The van der Waals surface area contributed by atoms with Gasteiger partial charge in [0.2, 0.25) is 5.89 Å². The quantitative estimate of drug-likeness (QED) is 0.819. The van der Waals surface area contributed by atoms with Crippen LogP contribution in [0.3, 0.4) is 0 Å². The zero-order chi connectivity index (χ0) is 14.4. The molecule has 0 spiro atoms. The summed E-state index contributed by atoms with van der Waals surface area (Å²) < 4.78 is 5.46. The van der Waals surface area contributed by atoms with Crippen molar-refractivity contribution in [2.45, 2.75) is 77.0 Å². The zero-order valence-corrected chi connectivity index (χ0v) is 13.0. The first-order valence-corrected chi connectivity index (χ1v) is 8.32. The molecule has 2 rings (SSSR count). The Bertz CT molecular complexity index is 383. The van der Waals surface area contributed by atoms with Crippen LogP contribution in [0.5, 0.6) is 0 Å². The summed E-state index contributed by atoms with van der Waals surface area (Å²) in [6.45, 7) is 5.03. The van der Waals surface area contributed by atoms with Gasteiger partial charge in [-0.15, -0.1) is 0 Å². The summed E-state index contributed by atoms with van der Waals surface area (Å²) in [6, 6.07) is 0. The predicted octanol–water partition coefficient (Wildman–Crippen LogP) is 3.99. The van der Waals surface area contributed by atoms with E-state index in [9.17, 15) is 0 Å². The second kappa shape index (κ2) is 7.77. The summed E-state index contributed by atoms with van der Waals surface area (Å²) in [5.74, 6) is 3.32. The van der Waals surface area contributed by atoms with Crippen molar-refractivity contribution in [2.75, 3.05) is 6.54 Å². The molecule has 0 aliphatic heterocycles. The highest BCUT2D eigenvalue weighted by Crippen LogP contribution is 2.36. The van der Waals surface area contributed by atoms with Gasteiger partial charge in [0.1, 0.15) is 0 Å². The van der Waals surface area contributed by atoms with Crippen LogP contribution in [-0.4, -0.2) is 16.7 Å². The van der Waals surface area contributed by atoms with Crippen LogP contribution < -0.4 is 5.73 Å². The van der Waals surface area contributed by atoms with Crippen molar-refractivity contribution in [2.24, 2.45) is 11.7 Å². The SMILES string of the molecule is CCCC1CCC(c2noc(C(CN)CCC)n2)CC1. The molecule has 2 N–H and O–H groups in total. The summed E-state index contributed by atoms with van der Waals surface area (Å²) in [6.07, 6.45) is 9.86. The Hall–Kier alpha value is -0.900. The third-order valence-electron chi connectivity index (χ3n) is 4.64. The van der Waals surface area contributed by atoms with Gasteiger partial charge >= 0.3 is 0 Å². The Balaban J connectivity index is 1.92. The van der Waals surface area contributed by atoms with Gasteiger partial charge < -0.3 is 10.3 Å². The lowest BCUT2D eigenvalue weighted by atomic mass is 9.80. The number of nitrogens with two attached hydrogens (primary N) is 1. The lowest BCUT2D eigenvalue weighted by Crippen LogP contribution is -2.15. The maximum atomic E-state index is 5.80. The van der Waals surface area contributed by atoms with E-state index in [0.29, 0.717) is 12.5 Å². The van der Waals surface area contributed by atoms with Gasteiger partial charge in [0, 0.05) is 12.5 Å². The van der Waals surface area contributed by atoms with Crippen molar-refractivity contribution in [3.63, 3.8) is 0 Å². The molecule has 0 aromatic carbocycles. The molecule has 1 atom stereocenters. The predicted molar refractivity (Wildman–Crippen MR) is 80.6 cm³/mol. The normalized spacial score (nSPS) is 24.8. The third-order valence-corrected chi connectivity index (χ3v) is 4.64. The topological polar surface area (TPSA) is 64.9 Å². The van der Waals surface area contributed by atoms with E-state index in [1.165, 1.54) is 38.5 Å². The van der Waals surface area contributed by atoms with E-state index in [1.54, 1.807) is 0 Å². The van der Waals surface area contributed by atoms with E-state index >= 15 is 0 Å². The molecule has 1 fully saturated rings. The van der Waals surface area contributed by atoms with Gasteiger partial charge in [0.25, 0.3) is 0 Å². The van der Waals surface area contributed by atoms with Gasteiger partial charge in [-0.3, -0.25) is 0 Å². The first-order valence-electron chi connectivity index (χ1n) is 8.32. The Morgan fingerprint density at radius 2 is 1.95 bits per heavy atom. The van der Waals surface area contributed by atoms with Crippen molar-refractivity contribution in [1.29, 1.82) is 0 Å². The second-order valence-corrected chi connectivity index (χ2v) is 6.22. The minimum absolute atomic E-state index is 0.234. The molecule has 1 unspecified atom stereocenters. The molecule has 1 aliphatic carbocycles.